The SMILES string of the molecule is COC1=CC(=O)C(CC(Cl)c2ccccc2)=CC1=O. The van der Waals surface area contributed by atoms with Gasteiger partial charge in [-0.15, -0.1) is 11.6 Å². The molecule has 19 heavy (non-hydrogen) atoms. The molecule has 1 aliphatic carbocycles. The van der Waals surface area contributed by atoms with Gasteiger partial charge in [0.2, 0.25) is 5.78 Å². The summed E-state index contributed by atoms with van der Waals surface area (Å²) in [6, 6.07) is 9.45. The Morgan fingerprint density at radius 2 is 1.79 bits per heavy atom. The Kier molecular flexibility index (Phi) is 4.17. The lowest BCUT2D eigenvalue weighted by Crippen LogP contribution is -2.15. The van der Waals surface area contributed by atoms with E-state index in [1.54, 1.807) is 0 Å². The van der Waals surface area contributed by atoms with E-state index < -0.39 is 0 Å². The maximum atomic E-state index is 11.8. The fourth-order valence-electron chi connectivity index (χ4n) is 1.88. The second-order valence-corrected chi connectivity index (χ2v) is 4.72. The highest BCUT2D eigenvalue weighted by molar-refractivity contribution is 6.23. The number of benzene rings is 1. The maximum absolute atomic E-state index is 11.8. The number of carbonyl (C=O) groups excluding carboxylic acids is 2. The van der Waals surface area contributed by atoms with Crippen molar-refractivity contribution in [3.8, 4) is 0 Å². The Labute approximate surface area is 116 Å². The number of hydrogen-bond acceptors (Lipinski definition) is 3. The fourth-order valence-corrected chi connectivity index (χ4v) is 2.19. The van der Waals surface area contributed by atoms with Crippen molar-refractivity contribution in [3.63, 3.8) is 0 Å². The van der Waals surface area contributed by atoms with Gasteiger partial charge in [-0.25, -0.2) is 0 Å². The van der Waals surface area contributed by atoms with E-state index in [0.717, 1.165) is 5.56 Å². The van der Waals surface area contributed by atoms with Crippen molar-refractivity contribution in [2.45, 2.75) is 11.8 Å². The molecule has 1 atom stereocenters. The molecule has 3 nitrogen and oxygen atoms in total. The molecule has 0 radical (unpaired) electrons. The van der Waals surface area contributed by atoms with E-state index >= 15 is 0 Å². The van der Waals surface area contributed by atoms with Crippen LogP contribution in [0.3, 0.4) is 0 Å². The number of ether oxygens (including phenoxy) is 1. The smallest absolute Gasteiger partial charge is 0.220 e. The van der Waals surface area contributed by atoms with E-state index in [1.165, 1.54) is 19.3 Å². The molecule has 1 aromatic carbocycles. The van der Waals surface area contributed by atoms with E-state index in [4.69, 9.17) is 16.3 Å². The summed E-state index contributed by atoms with van der Waals surface area (Å²) in [6.07, 6.45) is 2.84. The molecule has 0 aliphatic heterocycles. The molecule has 98 valence electrons. The van der Waals surface area contributed by atoms with Crippen LogP contribution in [0.25, 0.3) is 0 Å². The molecule has 1 unspecified atom stereocenters. The summed E-state index contributed by atoms with van der Waals surface area (Å²) >= 11 is 6.27. The molecule has 0 amide bonds. The van der Waals surface area contributed by atoms with E-state index in [2.05, 4.69) is 0 Å². The van der Waals surface area contributed by atoms with Gasteiger partial charge in [0.05, 0.1) is 12.5 Å². The number of hydrogen-bond donors (Lipinski definition) is 0. The predicted molar refractivity (Wildman–Crippen MR) is 72.8 cm³/mol. The minimum Gasteiger partial charge on any atom is -0.493 e. The van der Waals surface area contributed by atoms with Crippen molar-refractivity contribution in [2.75, 3.05) is 7.11 Å². The van der Waals surface area contributed by atoms with Gasteiger partial charge in [0, 0.05) is 11.6 Å². The van der Waals surface area contributed by atoms with Gasteiger partial charge in [-0.3, -0.25) is 9.59 Å². The van der Waals surface area contributed by atoms with E-state index in [9.17, 15) is 9.59 Å². The summed E-state index contributed by atoms with van der Waals surface area (Å²) in [7, 11) is 1.37. The lowest BCUT2D eigenvalue weighted by atomic mass is 9.96. The third-order valence-electron chi connectivity index (χ3n) is 2.91. The van der Waals surface area contributed by atoms with Crippen molar-refractivity contribution < 1.29 is 14.3 Å². The van der Waals surface area contributed by atoms with Crippen LogP contribution < -0.4 is 0 Å². The van der Waals surface area contributed by atoms with Crippen molar-refractivity contribution >= 4 is 23.2 Å². The second kappa shape index (κ2) is 5.85. The highest BCUT2D eigenvalue weighted by Gasteiger charge is 2.23. The number of halogens is 1. The lowest BCUT2D eigenvalue weighted by Gasteiger charge is -2.14. The normalized spacial score (nSPS) is 16.7. The first-order valence-corrected chi connectivity index (χ1v) is 6.29. The van der Waals surface area contributed by atoms with Gasteiger partial charge >= 0.3 is 0 Å². The summed E-state index contributed by atoms with van der Waals surface area (Å²) in [5.74, 6) is -0.452. The first kappa shape index (κ1) is 13.6. The van der Waals surface area contributed by atoms with Crippen LogP contribution in [0.5, 0.6) is 0 Å². The molecule has 0 fully saturated rings. The van der Waals surface area contributed by atoms with Gasteiger partial charge in [0.25, 0.3) is 0 Å². The minimum atomic E-state index is -0.332. The summed E-state index contributed by atoms with van der Waals surface area (Å²) in [4.78, 5) is 23.5. The molecule has 0 heterocycles. The van der Waals surface area contributed by atoms with Crippen molar-refractivity contribution in [3.05, 3.63) is 59.4 Å². The van der Waals surface area contributed by atoms with Crippen LogP contribution >= 0.6 is 11.6 Å². The van der Waals surface area contributed by atoms with Gasteiger partial charge < -0.3 is 4.74 Å². The zero-order valence-corrected chi connectivity index (χ0v) is 11.2. The van der Waals surface area contributed by atoms with E-state index in [0.29, 0.717) is 12.0 Å². The number of carbonyl (C=O) groups is 2. The van der Waals surface area contributed by atoms with Crippen molar-refractivity contribution in [1.82, 2.24) is 0 Å². The number of methoxy groups -OCH3 is 1. The molecule has 0 N–H and O–H groups in total. The number of ketones is 2. The van der Waals surface area contributed by atoms with Crippen LogP contribution in [0.4, 0.5) is 0 Å². The van der Waals surface area contributed by atoms with Gasteiger partial charge in [0.1, 0.15) is 0 Å². The standard InChI is InChI=1S/C15H13ClO3/c1-19-15-9-13(17)11(8-14(15)18)7-12(16)10-5-3-2-4-6-10/h2-6,8-9,12H,7H2,1H3. The Morgan fingerprint density at radius 3 is 2.42 bits per heavy atom. The molecule has 4 heteroatoms. The predicted octanol–water partition coefficient (Wildman–Crippen LogP) is 2.97. The molecular weight excluding hydrogens is 264 g/mol. The Balaban J connectivity index is 2.13. The Hall–Kier alpha value is -1.87. The monoisotopic (exact) mass is 276 g/mol. The molecule has 0 saturated heterocycles. The first-order valence-electron chi connectivity index (χ1n) is 5.85. The number of alkyl halides is 1. The minimum absolute atomic E-state index is 0.0691. The zero-order valence-electron chi connectivity index (χ0n) is 10.4. The quantitative estimate of drug-likeness (QED) is 0.627. The second-order valence-electron chi connectivity index (χ2n) is 4.19. The Morgan fingerprint density at radius 1 is 1.11 bits per heavy atom. The highest BCUT2D eigenvalue weighted by atomic mass is 35.5. The molecule has 0 bridgehead atoms. The lowest BCUT2D eigenvalue weighted by molar-refractivity contribution is -0.117. The van der Waals surface area contributed by atoms with Crippen LogP contribution in [0.2, 0.25) is 0 Å². The third-order valence-corrected chi connectivity index (χ3v) is 3.31. The van der Waals surface area contributed by atoms with Crippen molar-refractivity contribution in [2.24, 2.45) is 0 Å². The van der Waals surface area contributed by atoms with Crippen LogP contribution in [0.15, 0.2) is 53.8 Å². The average molecular weight is 277 g/mol. The van der Waals surface area contributed by atoms with Gasteiger partial charge in [-0.2, -0.15) is 0 Å². The van der Waals surface area contributed by atoms with Crippen LogP contribution in [0.1, 0.15) is 17.4 Å². The molecule has 0 saturated carbocycles. The number of rotatable bonds is 4. The van der Waals surface area contributed by atoms with Gasteiger partial charge in [0.15, 0.2) is 11.5 Å². The topological polar surface area (TPSA) is 43.4 Å². The number of allylic oxidation sites excluding steroid dienone is 3. The molecule has 1 aromatic rings. The molecule has 0 spiro atoms. The van der Waals surface area contributed by atoms with Crippen LogP contribution in [-0.4, -0.2) is 18.7 Å². The van der Waals surface area contributed by atoms with Gasteiger partial charge in [-0.05, 0) is 18.1 Å². The zero-order chi connectivity index (χ0) is 13.8. The fraction of sp³-hybridized carbons (Fsp3) is 0.200. The summed E-state index contributed by atoms with van der Waals surface area (Å²) in [6.45, 7) is 0. The van der Waals surface area contributed by atoms with Crippen molar-refractivity contribution in [1.29, 1.82) is 0 Å². The molecular formula is C15H13ClO3. The molecule has 0 aromatic heterocycles. The van der Waals surface area contributed by atoms with E-state index in [1.807, 2.05) is 30.3 Å². The largest absolute Gasteiger partial charge is 0.493 e. The van der Waals surface area contributed by atoms with Gasteiger partial charge in [-0.1, -0.05) is 30.3 Å². The Bertz CT molecular complexity index is 558. The van der Waals surface area contributed by atoms with E-state index in [-0.39, 0.29) is 22.7 Å². The maximum Gasteiger partial charge on any atom is 0.220 e. The van der Waals surface area contributed by atoms with Crippen LogP contribution in [0, 0.1) is 0 Å². The summed E-state index contributed by atoms with van der Waals surface area (Å²) in [5.41, 5.74) is 1.33. The highest BCUT2D eigenvalue weighted by Crippen LogP contribution is 2.29. The molecule has 1 aliphatic rings. The summed E-state index contributed by atoms with van der Waals surface area (Å²) in [5, 5.41) is -0.332. The first-order chi connectivity index (χ1) is 9.11. The third kappa shape index (κ3) is 3.12. The van der Waals surface area contributed by atoms with Crippen LogP contribution in [-0.2, 0) is 14.3 Å². The molecule has 2 rings (SSSR count). The summed E-state index contributed by atoms with van der Waals surface area (Å²) < 4.78 is 4.82. The average Bonchev–Trinajstić information content (AvgIpc) is 2.43.